The average Bonchev–Trinajstić information content (AvgIpc) is 2.69. The molecule has 0 spiro atoms. The molecular weight excluding hydrogens is 262 g/mol. The number of methoxy groups -OCH3 is 1. The Bertz CT molecular complexity index is 402. The summed E-state index contributed by atoms with van der Waals surface area (Å²) in [5, 5.41) is 8.50. The molecule has 0 radical (unpaired) electrons. The van der Waals surface area contributed by atoms with Crippen LogP contribution in [0.3, 0.4) is 0 Å². The number of nitrogens with one attached hydrogen (secondary N) is 1. The Kier molecular flexibility index (Phi) is 7.79. The zero-order valence-electron chi connectivity index (χ0n) is 12.1. The van der Waals surface area contributed by atoms with Crippen molar-refractivity contribution in [2.24, 2.45) is 0 Å². The first-order valence-corrected chi connectivity index (χ1v) is 7.14. The van der Waals surface area contributed by atoms with Crippen molar-refractivity contribution >= 4 is 11.6 Å². The molecule has 0 aliphatic heterocycles. The fourth-order valence-electron chi connectivity index (χ4n) is 1.86. The van der Waals surface area contributed by atoms with E-state index in [4.69, 9.17) is 16.3 Å². The molecule has 0 atom stereocenters. The molecule has 0 aliphatic carbocycles. The Morgan fingerprint density at radius 3 is 2.84 bits per heavy atom. The average molecular weight is 286 g/mol. The van der Waals surface area contributed by atoms with Gasteiger partial charge in [0.2, 0.25) is 0 Å². The largest absolute Gasteiger partial charge is 0.383 e. The Balaban J connectivity index is 2.32. The second-order valence-electron chi connectivity index (χ2n) is 4.37. The van der Waals surface area contributed by atoms with E-state index >= 15 is 0 Å². The van der Waals surface area contributed by atoms with Crippen molar-refractivity contribution in [1.82, 2.24) is 15.1 Å². The second kappa shape index (κ2) is 9.13. The summed E-state index contributed by atoms with van der Waals surface area (Å²) in [7, 11) is 1.71. The van der Waals surface area contributed by atoms with Gasteiger partial charge < -0.3 is 10.1 Å². The van der Waals surface area contributed by atoms with Crippen LogP contribution < -0.4 is 5.32 Å². The molecule has 0 saturated heterocycles. The number of ether oxygens (including phenoxy) is 1. The van der Waals surface area contributed by atoms with Crippen molar-refractivity contribution in [2.75, 3.05) is 26.8 Å². The zero-order valence-corrected chi connectivity index (χ0v) is 12.8. The van der Waals surface area contributed by atoms with Crippen LogP contribution in [0.2, 0.25) is 5.02 Å². The number of halogens is 1. The third-order valence-corrected chi connectivity index (χ3v) is 3.39. The maximum absolute atomic E-state index is 6.25. The molecular formula is C14H24ClN3O. The zero-order chi connectivity index (χ0) is 14.1. The van der Waals surface area contributed by atoms with Gasteiger partial charge in [-0.05, 0) is 26.8 Å². The number of aryl methyl sites for hydroxylation is 2. The molecule has 108 valence electrons. The minimum Gasteiger partial charge on any atom is -0.383 e. The molecule has 0 aliphatic rings. The lowest BCUT2D eigenvalue weighted by Gasteiger charge is -2.02. The smallest absolute Gasteiger partial charge is 0.0850 e. The van der Waals surface area contributed by atoms with Crippen LogP contribution >= 0.6 is 11.6 Å². The minimum absolute atomic E-state index is 0.758. The lowest BCUT2D eigenvalue weighted by Crippen LogP contribution is -2.19. The van der Waals surface area contributed by atoms with E-state index in [1.165, 1.54) is 0 Å². The predicted molar refractivity (Wildman–Crippen MR) is 79.9 cm³/mol. The minimum atomic E-state index is 0.758. The third kappa shape index (κ3) is 5.35. The van der Waals surface area contributed by atoms with Crippen LogP contribution in [0.15, 0.2) is 12.2 Å². The van der Waals surface area contributed by atoms with Crippen LogP contribution in [0.25, 0.3) is 0 Å². The van der Waals surface area contributed by atoms with E-state index in [9.17, 15) is 0 Å². The molecule has 0 unspecified atom stereocenters. The summed E-state index contributed by atoms with van der Waals surface area (Å²) in [5.41, 5.74) is 2.01. The van der Waals surface area contributed by atoms with Crippen molar-refractivity contribution in [3.05, 3.63) is 28.6 Å². The Morgan fingerprint density at radius 2 is 2.16 bits per heavy atom. The van der Waals surface area contributed by atoms with Crippen molar-refractivity contribution in [3.8, 4) is 0 Å². The van der Waals surface area contributed by atoms with Crippen LogP contribution in [-0.4, -0.2) is 36.6 Å². The Hall–Kier alpha value is -0.840. The van der Waals surface area contributed by atoms with Gasteiger partial charge in [-0.3, -0.25) is 4.68 Å². The molecule has 0 fully saturated rings. The SMILES string of the molecule is CCn1nc(C)c(Cl)c1CC=CCCNCCOC. The lowest BCUT2D eigenvalue weighted by atomic mass is 10.2. The summed E-state index contributed by atoms with van der Waals surface area (Å²) in [5.74, 6) is 0. The van der Waals surface area contributed by atoms with Gasteiger partial charge in [-0.2, -0.15) is 5.10 Å². The molecule has 4 nitrogen and oxygen atoms in total. The van der Waals surface area contributed by atoms with Crippen LogP contribution in [0.4, 0.5) is 0 Å². The summed E-state index contributed by atoms with van der Waals surface area (Å²) in [6, 6.07) is 0. The highest BCUT2D eigenvalue weighted by Crippen LogP contribution is 2.20. The van der Waals surface area contributed by atoms with Gasteiger partial charge >= 0.3 is 0 Å². The number of aromatic nitrogens is 2. The van der Waals surface area contributed by atoms with Gasteiger partial charge in [0, 0.05) is 26.6 Å². The van der Waals surface area contributed by atoms with E-state index in [-0.39, 0.29) is 0 Å². The van der Waals surface area contributed by atoms with Crippen LogP contribution in [0.1, 0.15) is 24.7 Å². The quantitative estimate of drug-likeness (QED) is 0.560. The molecule has 0 saturated carbocycles. The van der Waals surface area contributed by atoms with E-state index in [0.29, 0.717) is 0 Å². The first-order valence-electron chi connectivity index (χ1n) is 6.77. The van der Waals surface area contributed by atoms with E-state index in [1.807, 2.05) is 11.6 Å². The maximum Gasteiger partial charge on any atom is 0.0850 e. The monoisotopic (exact) mass is 285 g/mol. The summed E-state index contributed by atoms with van der Waals surface area (Å²) < 4.78 is 6.93. The van der Waals surface area contributed by atoms with Gasteiger partial charge in [-0.25, -0.2) is 0 Å². The lowest BCUT2D eigenvalue weighted by molar-refractivity contribution is 0.199. The molecule has 1 aromatic heterocycles. The Labute approximate surface area is 120 Å². The first kappa shape index (κ1) is 16.2. The molecule has 1 N–H and O–H groups in total. The number of hydrogen-bond acceptors (Lipinski definition) is 3. The first-order chi connectivity index (χ1) is 9.20. The van der Waals surface area contributed by atoms with Crippen LogP contribution in [-0.2, 0) is 17.7 Å². The van der Waals surface area contributed by atoms with Gasteiger partial charge in [0.05, 0.1) is 23.0 Å². The fraction of sp³-hybridized carbons (Fsp3) is 0.643. The van der Waals surface area contributed by atoms with Gasteiger partial charge in [-0.1, -0.05) is 23.8 Å². The van der Waals surface area contributed by atoms with E-state index in [0.717, 1.165) is 55.5 Å². The predicted octanol–water partition coefficient (Wildman–Crippen LogP) is 2.59. The highest BCUT2D eigenvalue weighted by molar-refractivity contribution is 6.31. The number of rotatable bonds is 9. The van der Waals surface area contributed by atoms with Crippen molar-refractivity contribution < 1.29 is 4.74 Å². The van der Waals surface area contributed by atoms with Crippen LogP contribution in [0.5, 0.6) is 0 Å². The van der Waals surface area contributed by atoms with E-state index in [1.54, 1.807) is 7.11 Å². The molecule has 1 heterocycles. The van der Waals surface area contributed by atoms with Crippen molar-refractivity contribution in [2.45, 2.75) is 33.2 Å². The van der Waals surface area contributed by atoms with Gasteiger partial charge in [0.1, 0.15) is 0 Å². The van der Waals surface area contributed by atoms with E-state index < -0.39 is 0 Å². The van der Waals surface area contributed by atoms with Gasteiger partial charge in [0.25, 0.3) is 0 Å². The van der Waals surface area contributed by atoms with Gasteiger partial charge in [-0.15, -0.1) is 0 Å². The fourth-order valence-corrected chi connectivity index (χ4v) is 2.07. The molecule has 0 aromatic carbocycles. The molecule has 0 amide bonds. The second-order valence-corrected chi connectivity index (χ2v) is 4.75. The summed E-state index contributed by atoms with van der Waals surface area (Å²) in [6.45, 7) is 7.51. The van der Waals surface area contributed by atoms with Crippen molar-refractivity contribution in [3.63, 3.8) is 0 Å². The summed E-state index contributed by atoms with van der Waals surface area (Å²) in [4.78, 5) is 0. The van der Waals surface area contributed by atoms with Crippen LogP contribution in [0, 0.1) is 6.92 Å². The molecule has 19 heavy (non-hydrogen) atoms. The highest BCUT2D eigenvalue weighted by Gasteiger charge is 2.10. The molecule has 1 rings (SSSR count). The molecule has 1 aromatic rings. The van der Waals surface area contributed by atoms with Crippen molar-refractivity contribution in [1.29, 1.82) is 0 Å². The standard InChI is InChI=1S/C14H24ClN3O/c1-4-18-13(14(15)12(2)17-18)8-6-5-7-9-16-10-11-19-3/h5-6,16H,4,7-11H2,1-3H3. The summed E-state index contributed by atoms with van der Waals surface area (Å²) >= 11 is 6.25. The third-order valence-electron chi connectivity index (χ3n) is 2.90. The number of hydrogen-bond donors (Lipinski definition) is 1. The topological polar surface area (TPSA) is 39.1 Å². The normalized spacial score (nSPS) is 11.6. The van der Waals surface area contributed by atoms with E-state index in [2.05, 4.69) is 29.5 Å². The number of nitrogens with zero attached hydrogens (tertiary/aromatic N) is 2. The molecule has 5 heteroatoms. The number of allylic oxidation sites excluding steroid dienone is 1. The summed E-state index contributed by atoms with van der Waals surface area (Å²) in [6.07, 6.45) is 6.19. The Morgan fingerprint density at radius 1 is 1.37 bits per heavy atom. The van der Waals surface area contributed by atoms with Gasteiger partial charge in [0.15, 0.2) is 0 Å². The maximum atomic E-state index is 6.25. The molecule has 0 bridgehead atoms. The highest BCUT2D eigenvalue weighted by atomic mass is 35.5.